The van der Waals surface area contributed by atoms with E-state index in [0.29, 0.717) is 43.1 Å². The summed E-state index contributed by atoms with van der Waals surface area (Å²) in [4.78, 5) is 14.9. The summed E-state index contributed by atoms with van der Waals surface area (Å²) in [7, 11) is 1.47. The first kappa shape index (κ1) is 19.7. The highest BCUT2D eigenvalue weighted by molar-refractivity contribution is 9.10. The van der Waals surface area contributed by atoms with Crippen LogP contribution in [0.1, 0.15) is 12.5 Å². The molecule has 0 spiro atoms. The van der Waals surface area contributed by atoms with Crippen LogP contribution in [0.4, 0.5) is 5.69 Å². The highest BCUT2D eigenvalue weighted by atomic mass is 79.9. The fourth-order valence-electron chi connectivity index (χ4n) is 2.57. The van der Waals surface area contributed by atoms with Crippen LogP contribution in [0.25, 0.3) is 6.08 Å². The average molecular weight is 466 g/mol. The van der Waals surface area contributed by atoms with Gasteiger partial charge in [0, 0.05) is 4.47 Å². The number of ether oxygens (including phenoxy) is 2. The van der Waals surface area contributed by atoms with Crippen LogP contribution in [0.2, 0.25) is 0 Å². The van der Waals surface area contributed by atoms with Crippen molar-refractivity contribution >= 4 is 61.9 Å². The molecule has 27 heavy (non-hydrogen) atoms. The van der Waals surface area contributed by atoms with Crippen LogP contribution in [-0.2, 0) is 4.79 Å². The lowest BCUT2D eigenvalue weighted by Crippen LogP contribution is -2.28. The van der Waals surface area contributed by atoms with Crippen LogP contribution in [0.5, 0.6) is 17.2 Å². The van der Waals surface area contributed by atoms with Gasteiger partial charge in [0.2, 0.25) is 0 Å². The maximum atomic E-state index is 13.0. The number of aromatic hydroxyl groups is 1. The van der Waals surface area contributed by atoms with E-state index < -0.39 is 0 Å². The van der Waals surface area contributed by atoms with Gasteiger partial charge < -0.3 is 14.6 Å². The molecule has 1 fully saturated rings. The van der Waals surface area contributed by atoms with Crippen molar-refractivity contribution in [3.8, 4) is 17.2 Å². The summed E-state index contributed by atoms with van der Waals surface area (Å²) in [6, 6.07) is 10.5. The highest BCUT2D eigenvalue weighted by Crippen LogP contribution is 2.41. The lowest BCUT2D eigenvalue weighted by molar-refractivity contribution is -0.113. The smallest absolute Gasteiger partial charge is 0.270 e. The van der Waals surface area contributed by atoms with Crippen LogP contribution in [0.3, 0.4) is 0 Å². The summed E-state index contributed by atoms with van der Waals surface area (Å²) in [5.41, 5.74) is 1.26. The summed E-state index contributed by atoms with van der Waals surface area (Å²) < 4.78 is 11.8. The number of para-hydroxylation sites is 2. The van der Waals surface area contributed by atoms with Crippen molar-refractivity contribution in [3.63, 3.8) is 0 Å². The number of phenolic OH excluding ortho intramolecular Hbond substituents is 1. The van der Waals surface area contributed by atoms with Gasteiger partial charge in [0.1, 0.15) is 5.75 Å². The van der Waals surface area contributed by atoms with Crippen LogP contribution in [0.15, 0.2) is 45.8 Å². The van der Waals surface area contributed by atoms with E-state index in [1.54, 1.807) is 24.3 Å². The number of carbonyl (C=O) groups is 1. The van der Waals surface area contributed by atoms with Gasteiger partial charge in [-0.2, -0.15) is 0 Å². The Morgan fingerprint density at radius 1 is 1.30 bits per heavy atom. The monoisotopic (exact) mass is 465 g/mol. The Hall–Kier alpha value is -2.03. The number of hydrogen-bond acceptors (Lipinski definition) is 6. The number of benzene rings is 2. The van der Waals surface area contributed by atoms with Crippen molar-refractivity contribution in [2.24, 2.45) is 0 Å². The molecule has 1 aliphatic rings. The van der Waals surface area contributed by atoms with Crippen LogP contribution >= 0.6 is 39.9 Å². The molecule has 1 aliphatic heterocycles. The van der Waals surface area contributed by atoms with Gasteiger partial charge in [0.25, 0.3) is 5.91 Å². The summed E-state index contributed by atoms with van der Waals surface area (Å²) >= 11 is 10.1. The minimum absolute atomic E-state index is 0.0101. The molecule has 0 aromatic heterocycles. The lowest BCUT2D eigenvalue weighted by Gasteiger charge is -2.18. The van der Waals surface area contributed by atoms with Gasteiger partial charge in [-0.1, -0.05) is 52.0 Å². The molecule has 1 N–H and O–H groups in total. The largest absolute Gasteiger partial charge is 0.504 e. The van der Waals surface area contributed by atoms with Gasteiger partial charge in [0.15, 0.2) is 15.8 Å². The Balaban J connectivity index is 1.98. The third-order valence-electron chi connectivity index (χ3n) is 3.78. The molecule has 2 aromatic carbocycles. The Morgan fingerprint density at radius 3 is 2.74 bits per heavy atom. The van der Waals surface area contributed by atoms with Gasteiger partial charge >= 0.3 is 0 Å². The molecule has 140 valence electrons. The Morgan fingerprint density at radius 2 is 2.04 bits per heavy atom. The standard InChI is InChI=1S/C19H16BrNO4S2/c1-3-25-15-7-5-4-6-13(15)21-18(23)17(27-19(21)26)9-11-8-14(22)16(24-2)10-12(11)20/h4-10,22H,3H2,1-2H3/b17-9-. The van der Waals surface area contributed by atoms with E-state index in [4.69, 9.17) is 21.7 Å². The molecule has 3 rings (SSSR count). The van der Waals surface area contributed by atoms with E-state index in [-0.39, 0.29) is 11.7 Å². The van der Waals surface area contributed by atoms with E-state index in [2.05, 4.69) is 15.9 Å². The van der Waals surface area contributed by atoms with E-state index in [0.717, 1.165) is 0 Å². The third kappa shape index (κ3) is 3.97. The summed E-state index contributed by atoms with van der Waals surface area (Å²) in [6.07, 6.45) is 1.69. The summed E-state index contributed by atoms with van der Waals surface area (Å²) in [5.74, 6) is 0.696. The Bertz CT molecular complexity index is 945. The number of thioether (sulfide) groups is 1. The molecule has 0 bridgehead atoms. The minimum atomic E-state index is -0.237. The number of nitrogens with zero attached hydrogens (tertiary/aromatic N) is 1. The number of rotatable bonds is 5. The molecule has 2 aromatic rings. The average Bonchev–Trinajstić information content (AvgIpc) is 2.92. The molecule has 1 saturated heterocycles. The van der Waals surface area contributed by atoms with Crippen molar-refractivity contribution in [3.05, 3.63) is 51.3 Å². The van der Waals surface area contributed by atoms with E-state index in [9.17, 15) is 9.90 Å². The quantitative estimate of drug-likeness (QED) is 0.496. The third-order valence-corrected chi connectivity index (χ3v) is 5.77. The molecule has 8 heteroatoms. The molecule has 0 aliphatic carbocycles. The molecular weight excluding hydrogens is 450 g/mol. The zero-order valence-electron chi connectivity index (χ0n) is 14.6. The molecule has 0 unspecified atom stereocenters. The first-order valence-electron chi connectivity index (χ1n) is 8.02. The SMILES string of the molecule is CCOc1ccccc1N1C(=O)/C(=C/c2cc(O)c(OC)cc2Br)SC1=S. The number of methoxy groups -OCH3 is 1. The van der Waals surface area contributed by atoms with E-state index in [1.165, 1.54) is 29.8 Å². The predicted octanol–water partition coefficient (Wildman–Crippen LogP) is 4.97. The molecule has 0 saturated carbocycles. The van der Waals surface area contributed by atoms with Crippen molar-refractivity contribution in [2.75, 3.05) is 18.6 Å². The molecule has 5 nitrogen and oxygen atoms in total. The van der Waals surface area contributed by atoms with Crippen LogP contribution in [-0.4, -0.2) is 29.1 Å². The van der Waals surface area contributed by atoms with Crippen molar-refractivity contribution in [1.29, 1.82) is 0 Å². The van der Waals surface area contributed by atoms with Gasteiger partial charge in [0.05, 0.1) is 24.3 Å². The first-order chi connectivity index (χ1) is 13.0. The van der Waals surface area contributed by atoms with Gasteiger partial charge in [-0.25, -0.2) is 0 Å². The van der Waals surface area contributed by atoms with Crippen LogP contribution < -0.4 is 14.4 Å². The minimum Gasteiger partial charge on any atom is -0.504 e. The van der Waals surface area contributed by atoms with Crippen molar-refractivity contribution in [2.45, 2.75) is 6.92 Å². The molecule has 0 atom stereocenters. The fourth-order valence-corrected chi connectivity index (χ4v) is 4.28. The Kier molecular flexibility index (Phi) is 6.08. The van der Waals surface area contributed by atoms with E-state index in [1.807, 2.05) is 19.1 Å². The van der Waals surface area contributed by atoms with Gasteiger partial charge in [-0.15, -0.1) is 0 Å². The number of hydrogen-bond donors (Lipinski definition) is 1. The first-order valence-corrected chi connectivity index (χ1v) is 10.0. The fraction of sp³-hybridized carbons (Fsp3) is 0.158. The zero-order valence-corrected chi connectivity index (χ0v) is 17.8. The second kappa shape index (κ2) is 8.33. The van der Waals surface area contributed by atoms with Gasteiger partial charge in [-0.05, 0) is 42.8 Å². The van der Waals surface area contributed by atoms with Crippen molar-refractivity contribution < 1.29 is 19.4 Å². The summed E-state index contributed by atoms with van der Waals surface area (Å²) in [5, 5.41) is 10.0. The maximum absolute atomic E-state index is 13.0. The molecule has 1 amide bonds. The lowest BCUT2D eigenvalue weighted by atomic mass is 10.2. The topological polar surface area (TPSA) is 59.0 Å². The summed E-state index contributed by atoms with van der Waals surface area (Å²) in [6.45, 7) is 2.37. The van der Waals surface area contributed by atoms with Crippen molar-refractivity contribution in [1.82, 2.24) is 0 Å². The number of phenols is 1. The number of amides is 1. The maximum Gasteiger partial charge on any atom is 0.270 e. The number of anilines is 1. The molecule has 1 heterocycles. The number of halogens is 1. The van der Waals surface area contributed by atoms with Gasteiger partial charge in [-0.3, -0.25) is 9.69 Å². The normalized spacial score (nSPS) is 15.5. The second-order valence-corrected chi connectivity index (χ2v) is 7.99. The highest BCUT2D eigenvalue weighted by Gasteiger charge is 2.35. The molecular formula is C19H16BrNO4S2. The van der Waals surface area contributed by atoms with E-state index >= 15 is 0 Å². The molecule has 0 radical (unpaired) electrons. The second-order valence-electron chi connectivity index (χ2n) is 5.46. The number of thiocarbonyl (C=S) groups is 1. The number of carbonyl (C=O) groups excluding carboxylic acids is 1. The predicted molar refractivity (Wildman–Crippen MR) is 116 cm³/mol. The zero-order chi connectivity index (χ0) is 19.6. The Labute approximate surface area is 175 Å². The van der Waals surface area contributed by atoms with Crippen LogP contribution in [0, 0.1) is 0 Å².